The van der Waals surface area contributed by atoms with Gasteiger partial charge in [-0.2, -0.15) is 0 Å². The topological polar surface area (TPSA) is 46.8 Å². The van der Waals surface area contributed by atoms with Crippen molar-refractivity contribution >= 4 is 11.6 Å². The molecule has 0 saturated heterocycles. The van der Waals surface area contributed by atoms with Gasteiger partial charge in [0.1, 0.15) is 5.82 Å². The number of hydrogen-bond acceptors (Lipinski definition) is 4. The van der Waals surface area contributed by atoms with Crippen LogP contribution in [0, 0.1) is 5.82 Å². The number of tetrazole rings is 1. The maximum Gasteiger partial charge on any atom is 0.173 e. The van der Waals surface area contributed by atoms with E-state index in [1.807, 2.05) is 42.5 Å². The van der Waals surface area contributed by atoms with Crippen molar-refractivity contribution in [1.82, 2.24) is 25.1 Å². The summed E-state index contributed by atoms with van der Waals surface area (Å²) in [4.78, 5) is 2.32. The molecular weight excluding hydrogens is 413 g/mol. The Labute approximate surface area is 186 Å². The van der Waals surface area contributed by atoms with Crippen LogP contribution in [-0.4, -0.2) is 31.7 Å². The first kappa shape index (κ1) is 21.2. The zero-order chi connectivity index (χ0) is 21.6. The number of benzene rings is 3. The van der Waals surface area contributed by atoms with Crippen molar-refractivity contribution in [3.8, 4) is 0 Å². The van der Waals surface area contributed by atoms with E-state index in [-0.39, 0.29) is 11.9 Å². The molecule has 4 aromatic rings. The third-order valence-electron chi connectivity index (χ3n) is 5.24. The zero-order valence-electron chi connectivity index (χ0n) is 17.2. The van der Waals surface area contributed by atoms with Crippen LogP contribution in [0.25, 0.3) is 0 Å². The SMILES string of the molecule is CCN(Cc1ccccc1)C(c1ccc(Cl)cc1)c1nnnn1Cc1ccc(F)cc1. The van der Waals surface area contributed by atoms with Gasteiger partial charge in [0.25, 0.3) is 0 Å². The van der Waals surface area contributed by atoms with E-state index in [4.69, 9.17) is 11.6 Å². The largest absolute Gasteiger partial charge is 0.286 e. The first-order chi connectivity index (χ1) is 15.1. The lowest BCUT2D eigenvalue weighted by Crippen LogP contribution is -2.31. The maximum atomic E-state index is 13.3. The van der Waals surface area contributed by atoms with Gasteiger partial charge < -0.3 is 0 Å². The van der Waals surface area contributed by atoms with E-state index in [2.05, 4.69) is 39.5 Å². The van der Waals surface area contributed by atoms with Crippen molar-refractivity contribution in [1.29, 1.82) is 0 Å². The predicted molar refractivity (Wildman–Crippen MR) is 119 cm³/mol. The number of nitrogens with zero attached hydrogens (tertiary/aromatic N) is 5. The average molecular weight is 436 g/mol. The minimum absolute atomic E-state index is 0.169. The lowest BCUT2D eigenvalue weighted by molar-refractivity contribution is 0.215. The first-order valence-electron chi connectivity index (χ1n) is 10.2. The molecule has 7 heteroatoms. The van der Waals surface area contributed by atoms with Crippen molar-refractivity contribution in [2.24, 2.45) is 0 Å². The minimum Gasteiger partial charge on any atom is -0.286 e. The predicted octanol–water partition coefficient (Wildman–Crippen LogP) is 5.13. The van der Waals surface area contributed by atoms with Crippen LogP contribution in [0.3, 0.4) is 0 Å². The Morgan fingerprint density at radius 2 is 1.65 bits per heavy atom. The van der Waals surface area contributed by atoms with Gasteiger partial charge in [-0.25, -0.2) is 9.07 Å². The summed E-state index contributed by atoms with van der Waals surface area (Å²) < 4.78 is 15.1. The molecule has 5 nitrogen and oxygen atoms in total. The molecule has 1 heterocycles. The third-order valence-corrected chi connectivity index (χ3v) is 5.49. The fraction of sp³-hybridized carbons (Fsp3) is 0.208. The second-order valence-corrected chi connectivity index (χ2v) is 7.76. The van der Waals surface area contributed by atoms with Gasteiger partial charge in [0.15, 0.2) is 5.82 Å². The van der Waals surface area contributed by atoms with Crippen LogP contribution in [0.5, 0.6) is 0 Å². The van der Waals surface area contributed by atoms with Gasteiger partial charge >= 0.3 is 0 Å². The molecule has 0 aliphatic carbocycles. The Morgan fingerprint density at radius 1 is 0.935 bits per heavy atom. The van der Waals surface area contributed by atoms with Gasteiger partial charge in [0.05, 0.1) is 12.6 Å². The fourth-order valence-corrected chi connectivity index (χ4v) is 3.78. The van der Waals surface area contributed by atoms with E-state index in [0.717, 1.165) is 30.0 Å². The summed E-state index contributed by atoms with van der Waals surface area (Å²) in [6.45, 7) is 4.12. The molecule has 1 unspecified atom stereocenters. The van der Waals surface area contributed by atoms with Gasteiger partial charge in [0, 0.05) is 11.6 Å². The van der Waals surface area contributed by atoms with Crippen molar-refractivity contribution in [2.75, 3.05) is 6.54 Å². The lowest BCUT2D eigenvalue weighted by atomic mass is 10.0. The first-order valence-corrected chi connectivity index (χ1v) is 10.6. The lowest BCUT2D eigenvalue weighted by Gasteiger charge is -2.30. The number of aromatic nitrogens is 4. The molecule has 1 atom stereocenters. The zero-order valence-corrected chi connectivity index (χ0v) is 18.0. The van der Waals surface area contributed by atoms with Crippen LogP contribution in [0.4, 0.5) is 4.39 Å². The average Bonchev–Trinajstić information content (AvgIpc) is 3.24. The minimum atomic E-state index is -0.264. The standard InChI is InChI=1S/C24H23ClFN5/c1-2-30(16-18-6-4-3-5-7-18)23(20-10-12-21(25)13-11-20)24-27-28-29-31(24)17-19-8-14-22(26)15-9-19/h3-15,23H,2,16-17H2,1H3. The molecule has 4 rings (SSSR count). The van der Waals surface area contributed by atoms with E-state index < -0.39 is 0 Å². The summed E-state index contributed by atoms with van der Waals surface area (Å²) in [6.07, 6.45) is 0. The molecule has 0 fully saturated rings. The van der Waals surface area contributed by atoms with E-state index in [1.165, 1.54) is 17.7 Å². The van der Waals surface area contributed by atoms with Crippen molar-refractivity contribution in [2.45, 2.75) is 26.1 Å². The highest BCUT2D eigenvalue weighted by molar-refractivity contribution is 6.30. The van der Waals surface area contributed by atoms with Crippen molar-refractivity contribution < 1.29 is 4.39 Å². The summed E-state index contributed by atoms with van der Waals surface area (Å²) in [6, 6.07) is 24.3. The van der Waals surface area contributed by atoms with E-state index in [1.54, 1.807) is 16.8 Å². The Morgan fingerprint density at radius 3 is 2.32 bits per heavy atom. The van der Waals surface area contributed by atoms with E-state index >= 15 is 0 Å². The molecule has 0 spiro atoms. The molecule has 158 valence electrons. The fourth-order valence-electron chi connectivity index (χ4n) is 3.65. The smallest absolute Gasteiger partial charge is 0.173 e. The normalized spacial score (nSPS) is 12.3. The highest BCUT2D eigenvalue weighted by atomic mass is 35.5. The molecule has 0 N–H and O–H groups in total. The summed E-state index contributed by atoms with van der Waals surface area (Å²) in [5.41, 5.74) is 3.19. The Hall–Kier alpha value is -3.09. The molecule has 0 amide bonds. The second-order valence-electron chi connectivity index (χ2n) is 7.32. The maximum absolute atomic E-state index is 13.3. The van der Waals surface area contributed by atoms with E-state index in [9.17, 15) is 4.39 Å². The highest BCUT2D eigenvalue weighted by Crippen LogP contribution is 2.29. The molecule has 0 bridgehead atoms. The van der Waals surface area contributed by atoms with Crippen LogP contribution in [0.1, 0.15) is 35.5 Å². The van der Waals surface area contributed by atoms with Crippen molar-refractivity contribution in [3.05, 3.63) is 112 Å². The summed E-state index contributed by atoms with van der Waals surface area (Å²) in [5.74, 6) is 0.462. The van der Waals surface area contributed by atoms with E-state index in [0.29, 0.717) is 11.6 Å². The van der Waals surface area contributed by atoms with Gasteiger partial charge in [0.2, 0.25) is 0 Å². The number of hydrogen-bond donors (Lipinski definition) is 0. The van der Waals surface area contributed by atoms with Gasteiger partial charge in [-0.15, -0.1) is 5.10 Å². The van der Waals surface area contributed by atoms with Crippen LogP contribution in [0.15, 0.2) is 78.9 Å². The third kappa shape index (κ3) is 5.16. The molecule has 3 aromatic carbocycles. The summed E-state index contributed by atoms with van der Waals surface area (Å²) >= 11 is 6.15. The van der Waals surface area contributed by atoms with Gasteiger partial charge in [-0.3, -0.25) is 4.90 Å². The van der Waals surface area contributed by atoms with Crippen LogP contribution in [0.2, 0.25) is 5.02 Å². The Bertz CT molecular complexity index is 1100. The van der Waals surface area contributed by atoms with Crippen molar-refractivity contribution in [3.63, 3.8) is 0 Å². The van der Waals surface area contributed by atoms with Crippen LogP contribution in [-0.2, 0) is 13.1 Å². The molecular formula is C24H23ClFN5. The second kappa shape index (κ2) is 9.81. The quantitative estimate of drug-likeness (QED) is 0.385. The molecule has 31 heavy (non-hydrogen) atoms. The number of halogens is 2. The molecule has 0 aliphatic heterocycles. The van der Waals surface area contributed by atoms with Crippen LogP contribution < -0.4 is 0 Å². The Kier molecular flexibility index (Phi) is 6.70. The summed E-state index contributed by atoms with van der Waals surface area (Å²) in [5, 5.41) is 13.3. The van der Waals surface area contributed by atoms with Gasteiger partial charge in [-0.1, -0.05) is 73.1 Å². The molecule has 0 aliphatic rings. The Balaban J connectivity index is 1.72. The van der Waals surface area contributed by atoms with Gasteiger partial charge in [-0.05, 0) is 57.9 Å². The molecule has 1 aromatic heterocycles. The number of rotatable bonds is 8. The molecule has 0 saturated carbocycles. The van der Waals surface area contributed by atoms with Crippen LogP contribution >= 0.6 is 11.6 Å². The molecule has 0 radical (unpaired) electrons. The highest BCUT2D eigenvalue weighted by Gasteiger charge is 2.27. The summed E-state index contributed by atoms with van der Waals surface area (Å²) in [7, 11) is 0. The monoisotopic (exact) mass is 435 g/mol.